The number of thiophene rings is 1. The molecule has 1 amide bonds. The topological polar surface area (TPSA) is 77.0 Å². The average Bonchev–Trinajstić information content (AvgIpc) is 3.09. The monoisotopic (exact) mass is 394 g/mol. The molecule has 3 rings (SSSR count). The second kappa shape index (κ2) is 9.12. The molecule has 0 aliphatic carbocycles. The minimum Gasteiger partial charge on any atom is -0.350 e. The summed E-state index contributed by atoms with van der Waals surface area (Å²) in [4.78, 5) is 12.5. The fourth-order valence-electron chi connectivity index (χ4n) is 2.72. The Labute approximate surface area is 167 Å². The van der Waals surface area contributed by atoms with E-state index in [-0.39, 0.29) is 12.5 Å². The molecular weight excluding hydrogens is 376 g/mol. The Morgan fingerprint density at radius 1 is 1.15 bits per heavy atom. The molecule has 0 saturated heterocycles. The lowest BCUT2D eigenvalue weighted by Gasteiger charge is -2.20. The standard InChI is InChI=1S/C20H18N4OS2/c21-10-11-22-19(25)17(24-20(26)23-15-6-2-1-3-7-15)12-14-13-27-18-9-5-4-8-16(14)18/h1-9,13,17H,11-12H2,(H,22,25)(H2,23,24,26). The second-order valence-corrected chi connectivity index (χ2v) is 7.17. The Kier molecular flexibility index (Phi) is 6.36. The molecule has 3 N–H and O–H groups in total. The van der Waals surface area contributed by atoms with E-state index in [1.165, 1.54) is 4.70 Å². The second-order valence-electron chi connectivity index (χ2n) is 5.85. The van der Waals surface area contributed by atoms with Crippen molar-refractivity contribution in [3.63, 3.8) is 0 Å². The number of nitrogens with zero attached hydrogens (tertiary/aromatic N) is 1. The van der Waals surface area contributed by atoms with Crippen LogP contribution in [0.3, 0.4) is 0 Å². The van der Waals surface area contributed by atoms with Crippen molar-refractivity contribution in [2.75, 3.05) is 11.9 Å². The van der Waals surface area contributed by atoms with E-state index < -0.39 is 6.04 Å². The van der Waals surface area contributed by atoms with Gasteiger partial charge in [0.1, 0.15) is 12.6 Å². The van der Waals surface area contributed by atoms with Crippen molar-refractivity contribution < 1.29 is 4.79 Å². The first-order valence-corrected chi connectivity index (χ1v) is 9.68. The van der Waals surface area contributed by atoms with Crippen LogP contribution in [0.4, 0.5) is 5.69 Å². The van der Waals surface area contributed by atoms with Crippen LogP contribution in [0.2, 0.25) is 0 Å². The highest BCUT2D eigenvalue weighted by Gasteiger charge is 2.21. The van der Waals surface area contributed by atoms with Gasteiger partial charge in [0.05, 0.1) is 6.07 Å². The number of carbonyl (C=O) groups excluding carboxylic acids is 1. The number of amides is 1. The Bertz CT molecular complexity index is 978. The van der Waals surface area contributed by atoms with Gasteiger partial charge in [0, 0.05) is 16.8 Å². The third-order valence-corrected chi connectivity index (χ3v) is 5.21. The van der Waals surface area contributed by atoms with Gasteiger partial charge < -0.3 is 16.0 Å². The van der Waals surface area contributed by atoms with Gasteiger partial charge in [-0.1, -0.05) is 36.4 Å². The number of nitrogens with one attached hydrogen (secondary N) is 3. The molecular formula is C20H18N4OS2. The van der Waals surface area contributed by atoms with Crippen molar-refractivity contribution in [3.05, 3.63) is 65.5 Å². The summed E-state index contributed by atoms with van der Waals surface area (Å²) < 4.78 is 1.17. The normalized spacial score (nSPS) is 11.4. The van der Waals surface area contributed by atoms with Crippen molar-refractivity contribution in [3.8, 4) is 6.07 Å². The largest absolute Gasteiger partial charge is 0.350 e. The molecule has 0 aliphatic rings. The molecule has 3 aromatic rings. The smallest absolute Gasteiger partial charge is 0.243 e. The molecule has 0 spiro atoms. The first-order chi connectivity index (χ1) is 13.2. The van der Waals surface area contributed by atoms with E-state index >= 15 is 0 Å². The molecule has 1 heterocycles. The molecule has 136 valence electrons. The van der Waals surface area contributed by atoms with Gasteiger partial charge in [-0.2, -0.15) is 5.26 Å². The summed E-state index contributed by atoms with van der Waals surface area (Å²) in [6, 6.07) is 18.9. The molecule has 0 aliphatic heterocycles. The van der Waals surface area contributed by atoms with Crippen LogP contribution >= 0.6 is 23.6 Å². The fraction of sp³-hybridized carbons (Fsp3) is 0.150. The Morgan fingerprint density at radius 2 is 1.89 bits per heavy atom. The van der Waals surface area contributed by atoms with Crippen molar-refractivity contribution in [2.24, 2.45) is 0 Å². The van der Waals surface area contributed by atoms with Gasteiger partial charge in [0.15, 0.2) is 5.11 Å². The number of para-hydroxylation sites is 1. The number of anilines is 1. The zero-order valence-corrected chi connectivity index (χ0v) is 16.1. The first-order valence-electron chi connectivity index (χ1n) is 8.39. The lowest BCUT2D eigenvalue weighted by Crippen LogP contribution is -2.49. The van der Waals surface area contributed by atoms with Crippen molar-refractivity contribution >= 4 is 50.3 Å². The fourth-order valence-corrected chi connectivity index (χ4v) is 3.95. The highest BCUT2D eigenvalue weighted by molar-refractivity contribution is 7.80. The third kappa shape index (κ3) is 5.03. The summed E-state index contributed by atoms with van der Waals surface area (Å²) in [6.07, 6.45) is 0.470. The van der Waals surface area contributed by atoms with Gasteiger partial charge in [0.2, 0.25) is 5.91 Å². The van der Waals surface area contributed by atoms with Gasteiger partial charge in [-0.3, -0.25) is 4.79 Å². The van der Waals surface area contributed by atoms with Crippen LogP contribution in [0.5, 0.6) is 0 Å². The third-order valence-electron chi connectivity index (χ3n) is 3.98. The van der Waals surface area contributed by atoms with Gasteiger partial charge in [0.25, 0.3) is 0 Å². The maximum absolute atomic E-state index is 12.5. The molecule has 1 unspecified atom stereocenters. The molecule has 1 aromatic heterocycles. The molecule has 0 fully saturated rings. The average molecular weight is 395 g/mol. The summed E-state index contributed by atoms with van der Waals surface area (Å²) in [6.45, 7) is -0.0414. The van der Waals surface area contributed by atoms with Crippen LogP contribution < -0.4 is 16.0 Å². The predicted molar refractivity (Wildman–Crippen MR) is 114 cm³/mol. The summed E-state index contributed by atoms with van der Waals surface area (Å²) in [7, 11) is 0. The Morgan fingerprint density at radius 3 is 2.67 bits per heavy atom. The number of fused-ring (bicyclic) bond motifs is 1. The molecule has 5 nitrogen and oxygen atoms in total. The number of hydrogen-bond acceptors (Lipinski definition) is 4. The van der Waals surface area contributed by atoms with E-state index in [0.29, 0.717) is 11.5 Å². The van der Waals surface area contributed by atoms with Crippen LogP contribution in [-0.2, 0) is 11.2 Å². The van der Waals surface area contributed by atoms with Crippen LogP contribution in [0.1, 0.15) is 5.56 Å². The predicted octanol–water partition coefficient (Wildman–Crippen LogP) is 3.44. The number of rotatable bonds is 6. The van der Waals surface area contributed by atoms with Gasteiger partial charge in [-0.25, -0.2) is 0 Å². The van der Waals surface area contributed by atoms with E-state index in [1.54, 1.807) is 11.3 Å². The number of carbonyl (C=O) groups is 1. The number of nitriles is 1. The first kappa shape index (κ1) is 18.8. The summed E-state index contributed by atoms with van der Waals surface area (Å²) >= 11 is 7.02. The van der Waals surface area contributed by atoms with E-state index in [4.69, 9.17) is 17.5 Å². The minimum absolute atomic E-state index is 0.0414. The lowest BCUT2D eigenvalue weighted by molar-refractivity contribution is -0.122. The van der Waals surface area contributed by atoms with Crippen molar-refractivity contribution in [1.82, 2.24) is 10.6 Å². The zero-order chi connectivity index (χ0) is 19.1. The minimum atomic E-state index is -0.583. The highest BCUT2D eigenvalue weighted by Crippen LogP contribution is 2.26. The molecule has 27 heavy (non-hydrogen) atoms. The van der Waals surface area contributed by atoms with E-state index in [2.05, 4.69) is 27.4 Å². The highest BCUT2D eigenvalue weighted by atomic mass is 32.1. The number of thiocarbonyl (C=S) groups is 1. The van der Waals surface area contributed by atoms with E-state index in [0.717, 1.165) is 16.6 Å². The van der Waals surface area contributed by atoms with E-state index in [1.807, 2.05) is 54.6 Å². The van der Waals surface area contributed by atoms with Gasteiger partial charge >= 0.3 is 0 Å². The van der Waals surface area contributed by atoms with Crippen LogP contribution in [0, 0.1) is 11.3 Å². The maximum atomic E-state index is 12.5. The number of benzene rings is 2. The van der Waals surface area contributed by atoms with E-state index in [9.17, 15) is 4.79 Å². The maximum Gasteiger partial charge on any atom is 0.243 e. The molecule has 0 saturated carbocycles. The van der Waals surface area contributed by atoms with Crippen molar-refractivity contribution in [1.29, 1.82) is 5.26 Å². The van der Waals surface area contributed by atoms with Crippen LogP contribution in [0.15, 0.2) is 60.0 Å². The van der Waals surface area contributed by atoms with Crippen LogP contribution in [-0.4, -0.2) is 23.6 Å². The van der Waals surface area contributed by atoms with Crippen molar-refractivity contribution in [2.45, 2.75) is 12.5 Å². The molecule has 2 aromatic carbocycles. The van der Waals surface area contributed by atoms with Crippen LogP contribution in [0.25, 0.3) is 10.1 Å². The molecule has 0 bridgehead atoms. The summed E-state index contributed by atoms with van der Waals surface area (Å²) in [5.41, 5.74) is 1.91. The summed E-state index contributed by atoms with van der Waals surface area (Å²) in [5, 5.41) is 21.1. The number of hydrogen-bond donors (Lipinski definition) is 3. The molecule has 1 atom stereocenters. The summed E-state index contributed by atoms with van der Waals surface area (Å²) in [5.74, 6) is -0.260. The van der Waals surface area contributed by atoms with Gasteiger partial charge in [-0.15, -0.1) is 11.3 Å². The Hall–Kier alpha value is -2.95. The zero-order valence-electron chi connectivity index (χ0n) is 14.4. The Balaban J connectivity index is 1.75. The SMILES string of the molecule is N#CCNC(=O)C(Cc1csc2ccccc12)NC(=S)Nc1ccccc1. The quantitative estimate of drug-likeness (QED) is 0.441. The molecule has 7 heteroatoms. The molecule has 0 radical (unpaired) electrons. The lowest BCUT2D eigenvalue weighted by atomic mass is 10.0. The van der Waals surface area contributed by atoms with Gasteiger partial charge in [-0.05, 0) is 46.7 Å².